The lowest BCUT2D eigenvalue weighted by molar-refractivity contribution is -0.113. The number of nitrogens with zero attached hydrogens (tertiary/aromatic N) is 2. The van der Waals surface area contributed by atoms with Crippen LogP contribution in [0.2, 0.25) is 10.0 Å². The molecule has 1 aromatic heterocycles. The Balaban J connectivity index is 1.66. The molecule has 2 heterocycles. The van der Waals surface area contributed by atoms with Crippen LogP contribution in [0.5, 0.6) is 0 Å². The highest BCUT2D eigenvalue weighted by Crippen LogP contribution is 2.40. The normalized spacial score (nSPS) is 15.5. The Morgan fingerprint density at radius 3 is 2.55 bits per heavy atom. The second-order valence-electron chi connectivity index (χ2n) is 7.38. The molecule has 1 amide bonds. The number of carbonyl (C=O) groups is 1. The van der Waals surface area contributed by atoms with Crippen LogP contribution in [-0.4, -0.2) is 15.5 Å². The van der Waals surface area contributed by atoms with Crippen molar-refractivity contribution in [2.75, 3.05) is 10.6 Å². The molecule has 5 rings (SSSR count). The first-order valence-electron chi connectivity index (χ1n) is 9.78. The summed E-state index contributed by atoms with van der Waals surface area (Å²) >= 11 is 12.3. The minimum absolute atomic E-state index is 0.208. The predicted octanol–water partition coefficient (Wildman–Crippen LogP) is 6.27. The zero-order valence-electron chi connectivity index (χ0n) is 16.6. The maximum atomic E-state index is 13.5. The number of carbonyl (C=O) groups excluding carboxylic acids is 1. The predicted molar refractivity (Wildman–Crippen MR) is 126 cm³/mol. The summed E-state index contributed by atoms with van der Waals surface area (Å²) in [7, 11) is 0. The van der Waals surface area contributed by atoms with Gasteiger partial charge >= 0.3 is 0 Å². The van der Waals surface area contributed by atoms with E-state index < -0.39 is 6.04 Å². The van der Waals surface area contributed by atoms with E-state index in [4.69, 9.17) is 28.2 Å². The van der Waals surface area contributed by atoms with Gasteiger partial charge in [0, 0.05) is 21.4 Å². The lowest BCUT2D eigenvalue weighted by atomic mass is 9.94. The van der Waals surface area contributed by atoms with Gasteiger partial charge in [0.25, 0.3) is 5.91 Å². The van der Waals surface area contributed by atoms with E-state index >= 15 is 0 Å². The van der Waals surface area contributed by atoms with Gasteiger partial charge in [-0.3, -0.25) is 9.36 Å². The average Bonchev–Trinajstić information content (AvgIpc) is 3.12. The molecule has 0 radical (unpaired) electrons. The topological polar surface area (TPSA) is 59.0 Å². The molecule has 4 aromatic rings. The second kappa shape index (κ2) is 7.76. The molecule has 0 saturated heterocycles. The van der Waals surface area contributed by atoms with Crippen molar-refractivity contribution < 1.29 is 4.79 Å². The number of anilines is 2. The molecular formula is C24H18Cl2N4O. The molecule has 2 N–H and O–H groups in total. The molecular weight excluding hydrogens is 431 g/mol. The third-order valence-corrected chi connectivity index (χ3v) is 5.83. The van der Waals surface area contributed by atoms with Gasteiger partial charge in [0.15, 0.2) is 0 Å². The number of imidazole rings is 1. The molecule has 3 aromatic carbocycles. The number of benzene rings is 3. The zero-order chi connectivity index (χ0) is 21.5. The van der Waals surface area contributed by atoms with Crippen molar-refractivity contribution in [1.29, 1.82) is 0 Å². The van der Waals surface area contributed by atoms with Crippen LogP contribution < -0.4 is 10.6 Å². The number of hydrogen-bond acceptors (Lipinski definition) is 3. The number of fused-ring (bicyclic) bond motifs is 3. The van der Waals surface area contributed by atoms with Gasteiger partial charge in [-0.2, -0.15) is 0 Å². The van der Waals surface area contributed by atoms with E-state index in [2.05, 4.69) is 10.6 Å². The first kappa shape index (κ1) is 19.7. The Bertz CT molecular complexity index is 1340. The molecule has 0 saturated carbocycles. The monoisotopic (exact) mass is 448 g/mol. The lowest BCUT2D eigenvalue weighted by Gasteiger charge is -2.30. The standard InChI is InChI=1S/C24H18Cl2N4O/c1-14-21(23(31)28-18-11-9-16(25)10-12-18)22(15-5-4-6-17(26)13-15)30-20-8-3-2-7-19(20)29-24(30)27-14/h2-13,22H,1H3,(H,27,29)(H,28,31)/t22-/m1/s1. The Labute approximate surface area is 189 Å². The Kier molecular flexibility index (Phi) is 4.93. The van der Waals surface area contributed by atoms with E-state index in [1.165, 1.54) is 0 Å². The second-order valence-corrected chi connectivity index (χ2v) is 8.25. The minimum Gasteiger partial charge on any atom is -0.329 e. The molecule has 5 nitrogen and oxygen atoms in total. The van der Waals surface area contributed by atoms with Crippen LogP contribution in [0.25, 0.3) is 11.0 Å². The largest absolute Gasteiger partial charge is 0.329 e. The number of halogens is 2. The summed E-state index contributed by atoms with van der Waals surface area (Å²) < 4.78 is 2.05. The van der Waals surface area contributed by atoms with Crippen molar-refractivity contribution in [3.8, 4) is 0 Å². The molecule has 0 spiro atoms. The van der Waals surface area contributed by atoms with Crippen LogP contribution in [0, 0.1) is 0 Å². The Morgan fingerprint density at radius 1 is 1.00 bits per heavy atom. The fourth-order valence-electron chi connectivity index (χ4n) is 3.98. The smallest absolute Gasteiger partial charge is 0.255 e. The zero-order valence-corrected chi connectivity index (χ0v) is 18.1. The van der Waals surface area contributed by atoms with Crippen LogP contribution in [0.4, 0.5) is 11.6 Å². The molecule has 1 aliphatic rings. The number of rotatable bonds is 3. The first-order valence-corrected chi connectivity index (χ1v) is 10.5. The molecule has 7 heteroatoms. The average molecular weight is 449 g/mol. The van der Waals surface area contributed by atoms with Gasteiger partial charge in [0.2, 0.25) is 5.95 Å². The summed E-state index contributed by atoms with van der Waals surface area (Å²) in [6.45, 7) is 1.89. The number of allylic oxidation sites excluding steroid dienone is 1. The maximum Gasteiger partial charge on any atom is 0.255 e. The number of amides is 1. The number of hydrogen-bond donors (Lipinski definition) is 2. The van der Waals surface area contributed by atoms with Crippen LogP contribution in [-0.2, 0) is 4.79 Å². The molecule has 1 aliphatic heterocycles. The molecule has 154 valence electrons. The van der Waals surface area contributed by atoms with Crippen molar-refractivity contribution in [1.82, 2.24) is 9.55 Å². The molecule has 0 aliphatic carbocycles. The third kappa shape index (κ3) is 3.56. The van der Waals surface area contributed by atoms with Gasteiger partial charge in [0.05, 0.1) is 22.6 Å². The summed E-state index contributed by atoms with van der Waals surface area (Å²) in [6, 6.07) is 22.1. The molecule has 0 fully saturated rings. The maximum absolute atomic E-state index is 13.5. The van der Waals surface area contributed by atoms with Gasteiger partial charge in [-0.25, -0.2) is 4.98 Å². The number of aromatic nitrogens is 2. The van der Waals surface area contributed by atoms with Crippen molar-refractivity contribution in [3.05, 3.63) is 99.7 Å². The summed E-state index contributed by atoms with van der Waals surface area (Å²) in [4.78, 5) is 18.2. The van der Waals surface area contributed by atoms with E-state index in [0.717, 1.165) is 22.3 Å². The van der Waals surface area contributed by atoms with Gasteiger partial charge in [0.1, 0.15) is 0 Å². The van der Waals surface area contributed by atoms with Gasteiger partial charge in [-0.15, -0.1) is 0 Å². The van der Waals surface area contributed by atoms with Crippen LogP contribution in [0.3, 0.4) is 0 Å². The quantitative estimate of drug-likeness (QED) is 0.388. The van der Waals surface area contributed by atoms with Gasteiger partial charge < -0.3 is 10.6 Å². The highest BCUT2D eigenvalue weighted by molar-refractivity contribution is 6.31. The fraction of sp³-hybridized carbons (Fsp3) is 0.0833. The lowest BCUT2D eigenvalue weighted by Crippen LogP contribution is -2.30. The van der Waals surface area contributed by atoms with E-state index in [-0.39, 0.29) is 5.91 Å². The van der Waals surface area contributed by atoms with Crippen LogP contribution >= 0.6 is 23.2 Å². The van der Waals surface area contributed by atoms with Crippen molar-refractivity contribution in [3.63, 3.8) is 0 Å². The van der Waals surface area contributed by atoms with Crippen molar-refractivity contribution in [2.24, 2.45) is 0 Å². The molecule has 0 bridgehead atoms. The molecule has 31 heavy (non-hydrogen) atoms. The van der Waals surface area contributed by atoms with Crippen molar-refractivity contribution >= 4 is 51.8 Å². The van der Waals surface area contributed by atoms with E-state index in [0.29, 0.717) is 27.3 Å². The Morgan fingerprint density at radius 2 is 1.77 bits per heavy atom. The summed E-state index contributed by atoms with van der Waals surface area (Å²) in [5.74, 6) is 0.479. The van der Waals surface area contributed by atoms with Crippen molar-refractivity contribution in [2.45, 2.75) is 13.0 Å². The third-order valence-electron chi connectivity index (χ3n) is 5.34. The number of nitrogens with one attached hydrogen (secondary N) is 2. The first-order chi connectivity index (χ1) is 15.0. The van der Waals surface area contributed by atoms with Gasteiger partial charge in [-0.05, 0) is 61.0 Å². The van der Waals surface area contributed by atoms with E-state index in [1.807, 2.05) is 60.0 Å². The summed E-state index contributed by atoms with van der Waals surface area (Å²) in [5, 5.41) is 7.52. The number of para-hydroxylation sites is 2. The highest BCUT2D eigenvalue weighted by Gasteiger charge is 2.34. The summed E-state index contributed by atoms with van der Waals surface area (Å²) in [6.07, 6.45) is 0. The SMILES string of the molecule is CC1=C(C(=O)Nc2ccc(Cl)cc2)[C@@H](c2cccc(Cl)c2)n2c(nc3ccccc32)N1. The van der Waals surface area contributed by atoms with Crippen LogP contribution in [0.1, 0.15) is 18.5 Å². The fourth-order valence-corrected chi connectivity index (χ4v) is 4.31. The molecule has 0 unspecified atom stereocenters. The summed E-state index contributed by atoms with van der Waals surface area (Å²) in [5.41, 5.74) is 4.68. The molecule has 1 atom stereocenters. The van der Waals surface area contributed by atoms with E-state index in [9.17, 15) is 4.79 Å². The van der Waals surface area contributed by atoms with E-state index in [1.54, 1.807) is 24.3 Å². The Hall–Kier alpha value is -3.28. The highest BCUT2D eigenvalue weighted by atomic mass is 35.5. The van der Waals surface area contributed by atoms with Gasteiger partial charge in [-0.1, -0.05) is 47.5 Å². The minimum atomic E-state index is -0.394. The van der Waals surface area contributed by atoms with Crippen LogP contribution in [0.15, 0.2) is 84.1 Å².